The Bertz CT molecular complexity index is 4500. The maximum atomic E-state index is 4.07. The van der Waals surface area contributed by atoms with E-state index >= 15 is 0 Å². The lowest BCUT2D eigenvalue weighted by atomic mass is 9.58. The second-order valence-corrected chi connectivity index (χ2v) is 26.6. The van der Waals surface area contributed by atoms with Crippen molar-refractivity contribution >= 4 is 136 Å². The molecule has 0 saturated heterocycles. The fourth-order valence-electron chi connectivity index (χ4n) is 12.8. The molecule has 9 aromatic carbocycles. The summed E-state index contributed by atoms with van der Waals surface area (Å²) in [5.41, 5.74) is 19.3. The highest BCUT2D eigenvalue weighted by Crippen LogP contribution is 2.54. The van der Waals surface area contributed by atoms with Crippen LogP contribution in [-0.4, -0.2) is 11.8 Å². The van der Waals surface area contributed by atoms with E-state index in [9.17, 15) is 0 Å². The van der Waals surface area contributed by atoms with Crippen LogP contribution in [0.4, 0.5) is 11.4 Å². The molecule has 0 atom stereocenters. The number of fused-ring (bicyclic) bond motifs is 14. The third-order valence-corrected chi connectivity index (χ3v) is 20.4. The first-order valence-electron chi connectivity index (χ1n) is 26.2. The molecule has 1 N–H and O–H groups in total. The van der Waals surface area contributed by atoms with Crippen molar-refractivity contribution in [2.45, 2.75) is 77.6 Å². The van der Waals surface area contributed by atoms with Crippen LogP contribution in [0.1, 0.15) is 78.0 Å². The molecule has 2 aliphatic rings. The van der Waals surface area contributed by atoms with Crippen molar-refractivity contribution < 1.29 is 0 Å². The molecule has 6 heteroatoms. The Kier molecular flexibility index (Phi) is 9.50. The van der Waals surface area contributed by atoms with Gasteiger partial charge >= 0.3 is 0 Å². The summed E-state index contributed by atoms with van der Waals surface area (Å²) in [7, 11) is 2.57. The second-order valence-electron chi connectivity index (χ2n) is 23.4. The average Bonchev–Trinajstić information content (AvgIpc) is 4.34. The zero-order valence-corrected chi connectivity index (χ0v) is 45.3. The molecule has 0 saturated carbocycles. The molecule has 15 rings (SSSR count). The van der Waals surface area contributed by atoms with E-state index in [0.717, 1.165) is 24.2 Å². The van der Waals surface area contributed by atoms with Gasteiger partial charge in [0.1, 0.15) is 0 Å². The molecule has 0 unspecified atom stereocenters. The van der Waals surface area contributed by atoms with Crippen LogP contribution in [0.25, 0.3) is 111 Å². The van der Waals surface area contributed by atoms with Crippen LogP contribution < -0.4 is 16.2 Å². The summed E-state index contributed by atoms with van der Waals surface area (Å²) in [5, 5.41) is 13.4. The molecule has 0 spiro atoms. The van der Waals surface area contributed by atoms with Crippen molar-refractivity contribution in [1.82, 2.24) is 4.57 Å². The Morgan fingerprint density at radius 3 is 1.88 bits per heavy atom. The highest BCUT2D eigenvalue weighted by atomic mass is 32.1. The summed E-state index contributed by atoms with van der Waals surface area (Å²) in [4.78, 5) is 1.31. The molecule has 357 valence electrons. The fourth-order valence-corrected chi connectivity index (χ4v) is 16.5. The van der Waals surface area contributed by atoms with E-state index in [1.165, 1.54) is 138 Å². The molecule has 5 heterocycles. The van der Waals surface area contributed by atoms with E-state index < -0.39 is 0 Å². The zero-order valence-electron chi connectivity index (χ0n) is 42.8. The quantitative estimate of drug-likeness (QED) is 0.170. The van der Waals surface area contributed by atoms with E-state index in [2.05, 4.69) is 235 Å². The lowest BCUT2D eigenvalue weighted by Crippen LogP contribution is -2.37. The van der Waals surface area contributed by atoms with E-state index in [4.69, 9.17) is 0 Å². The van der Waals surface area contributed by atoms with Gasteiger partial charge in [0, 0.05) is 99.8 Å². The van der Waals surface area contributed by atoms with Crippen molar-refractivity contribution in [1.29, 1.82) is 0 Å². The molecule has 0 fully saturated rings. The first-order chi connectivity index (χ1) is 35.8. The minimum atomic E-state index is 0.0323. The number of hydrogen-bond acceptors (Lipinski definition) is 4. The first-order valence-corrected chi connectivity index (χ1v) is 28.6. The van der Waals surface area contributed by atoms with Gasteiger partial charge in [-0.1, -0.05) is 163 Å². The second kappa shape index (κ2) is 15.8. The molecule has 1 radical (unpaired) electrons. The number of anilines is 2. The summed E-state index contributed by atoms with van der Waals surface area (Å²) >= 11 is 5.77. The third-order valence-electron chi connectivity index (χ3n) is 16.8. The summed E-state index contributed by atoms with van der Waals surface area (Å²) in [6.45, 7) is 16.8. The number of nitrogens with one attached hydrogen (secondary N) is 1. The van der Waals surface area contributed by atoms with Crippen LogP contribution in [0, 0.1) is 0 Å². The maximum absolute atomic E-state index is 4.07. The summed E-state index contributed by atoms with van der Waals surface area (Å²) in [6, 6.07) is 64.7. The van der Waals surface area contributed by atoms with Gasteiger partial charge in [0.05, 0.1) is 5.52 Å². The van der Waals surface area contributed by atoms with Crippen LogP contribution in [0.5, 0.6) is 0 Å². The van der Waals surface area contributed by atoms with E-state index in [-0.39, 0.29) is 16.2 Å². The molecule has 13 aromatic rings. The van der Waals surface area contributed by atoms with Crippen LogP contribution in [-0.2, 0) is 16.2 Å². The molecule has 0 bridgehead atoms. The van der Waals surface area contributed by atoms with Gasteiger partial charge in [-0.25, -0.2) is 0 Å². The average molecular weight is 1010 g/mol. The molecule has 4 aromatic heterocycles. The predicted molar refractivity (Wildman–Crippen MR) is 327 cm³/mol. The van der Waals surface area contributed by atoms with Crippen LogP contribution in [0.3, 0.4) is 0 Å². The first kappa shape index (κ1) is 44.5. The zero-order chi connectivity index (χ0) is 50.0. The number of hydrogen-bond donors (Lipinski definition) is 1. The van der Waals surface area contributed by atoms with Gasteiger partial charge < -0.3 is 9.88 Å². The lowest BCUT2D eigenvalue weighted by molar-refractivity contribution is 0.332. The Labute approximate surface area is 445 Å². The Balaban J connectivity index is 1.11. The molecule has 74 heavy (non-hydrogen) atoms. The minimum absolute atomic E-state index is 0.0323. The Morgan fingerprint density at radius 2 is 1.16 bits per heavy atom. The van der Waals surface area contributed by atoms with Gasteiger partial charge in [-0.2, -0.15) is 0 Å². The largest absolute Gasteiger partial charge is 0.355 e. The van der Waals surface area contributed by atoms with Gasteiger partial charge in [-0.15, -0.1) is 34.0 Å². The van der Waals surface area contributed by atoms with Gasteiger partial charge in [0.15, 0.2) is 7.28 Å². The minimum Gasteiger partial charge on any atom is -0.355 e. The van der Waals surface area contributed by atoms with Crippen molar-refractivity contribution in [3.63, 3.8) is 0 Å². The van der Waals surface area contributed by atoms with Crippen molar-refractivity contribution in [3.05, 3.63) is 187 Å². The van der Waals surface area contributed by atoms with E-state index in [0.29, 0.717) is 0 Å². The van der Waals surface area contributed by atoms with Crippen LogP contribution in [0.15, 0.2) is 170 Å². The Hall–Kier alpha value is -6.96. The van der Waals surface area contributed by atoms with Crippen LogP contribution in [0.2, 0.25) is 0 Å². The molecule has 2 nitrogen and oxygen atoms in total. The normalized spacial score (nSPS) is 14.9. The van der Waals surface area contributed by atoms with E-state index in [1.54, 1.807) is 0 Å². The van der Waals surface area contributed by atoms with Crippen molar-refractivity contribution in [2.75, 3.05) is 5.32 Å². The predicted octanol–water partition coefficient (Wildman–Crippen LogP) is 19.1. The Morgan fingerprint density at radius 1 is 0.527 bits per heavy atom. The number of aromatic nitrogens is 1. The summed E-state index contributed by atoms with van der Waals surface area (Å²) < 4.78 is 9.26. The highest BCUT2D eigenvalue weighted by molar-refractivity contribution is 7.27. The summed E-state index contributed by atoms with van der Waals surface area (Å²) in [6.07, 6.45) is 2.32. The topological polar surface area (TPSA) is 17.0 Å². The van der Waals surface area contributed by atoms with Gasteiger partial charge in [-0.3, -0.25) is 0 Å². The molecular formula is C68H54BN2S3. The van der Waals surface area contributed by atoms with Crippen molar-refractivity contribution in [2.24, 2.45) is 0 Å². The van der Waals surface area contributed by atoms with Crippen molar-refractivity contribution in [3.8, 4) is 38.4 Å². The third kappa shape index (κ3) is 6.54. The maximum Gasteiger partial charge on any atom is 0.198 e. The number of rotatable bonds is 5. The lowest BCUT2D eigenvalue weighted by Gasteiger charge is -2.42. The van der Waals surface area contributed by atoms with Gasteiger partial charge in [0.2, 0.25) is 0 Å². The highest BCUT2D eigenvalue weighted by Gasteiger charge is 2.40. The summed E-state index contributed by atoms with van der Waals surface area (Å²) in [5.74, 6) is 0. The monoisotopic (exact) mass is 1010 g/mol. The van der Waals surface area contributed by atoms with E-state index in [1.807, 2.05) is 34.0 Å². The SMILES string of the molecule is CC(C)(C)c1ccc(Nc2cc3sc4ccccc4c3cc2-c2c3c4c(c5cc6c(cc5n4-c4cc5c(-c7ccccc7)c(-c7ccccc7)sc5cc4[B]3)C(C)(C)CCC6(C)C)c3c2sc2ccccc23)cc1. The number of thiophene rings is 3. The fraction of sp³-hybridized carbons (Fsp3) is 0.176. The van der Waals surface area contributed by atoms with Gasteiger partial charge in [0.25, 0.3) is 0 Å². The molecule has 0 amide bonds. The van der Waals surface area contributed by atoms with Crippen LogP contribution >= 0.6 is 34.0 Å². The molecular weight excluding hydrogens is 952 g/mol. The number of nitrogens with zero attached hydrogens (tertiary/aromatic N) is 1. The van der Waals surface area contributed by atoms with Gasteiger partial charge in [-0.05, 0) is 129 Å². The molecule has 1 aliphatic carbocycles. The number of benzene rings is 9. The standard InChI is InChI=1S/C68H54BN2S3/c1-66(2,3)40-26-28-41(29-27-40)70-51-37-57-44(42-22-14-16-24-54(42)72-57)32-45(51)61-62-63-59(60-43-23-15-17-25-55(43)73-65(60)61)46-33-48-49(68(6,7)31-30-67(48,4)5)35-52(46)71(63)53-34-47-56(36-50(53)69-62)74-64(39-20-12-9-13-21-39)58(47)38-18-10-8-11-19-38/h8-29,32-37,70H,30-31H2,1-7H3. The molecule has 1 aliphatic heterocycles. The smallest absolute Gasteiger partial charge is 0.198 e.